The molecule has 0 unspecified atom stereocenters. The molecule has 26 valence electrons. The zero-order chi connectivity index (χ0) is 3.54. The Balaban J connectivity index is 2.61. The van der Waals surface area contributed by atoms with Gasteiger partial charge in [0.2, 0.25) is 0 Å². The van der Waals surface area contributed by atoms with Crippen LogP contribution < -0.4 is 0 Å². The van der Waals surface area contributed by atoms with Gasteiger partial charge in [-0.05, 0) is 0 Å². The van der Waals surface area contributed by atoms with Crippen LogP contribution in [-0.2, 0) is 0 Å². The number of hydrogen-bond acceptors (Lipinski definition) is 0. The molecule has 0 saturated heterocycles. The molecule has 0 aliphatic carbocycles. The summed E-state index contributed by atoms with van der Waals surface area (Å²) in [5, 5.41) is 0. The third-order valence-electron chi connectivity index (χ3n) is 0.538. The van der Waals surface area contributed by atoms with Crippen molar-refractivity contribution in [3.63, 3.8) is 0 Å². The molecule has 0 radical (unpaired) electrons. The van der Waals surface area contributed by atoms with Gasteiger partial charge in [-0.1, -0.05) is 0 Å². The summed E-state index contributed by atoms with van der Waals surface area (Å²) in [6.07, 6.45) is 4.42. The van der Waals surface area contributed by atoms with Crippen molar-refractivity contribution in [3.05, 3.63) is 12.2 Å². The predicted octanol–water partition coefficient (Wildman–Crippen LogP) is 0.481. The van der Waals surface area contributed by atoms with Crippen LogP contribution in [0, 0.1) is 0 Å². The van der Waals surface area contributed by atoms with Crippen LogP contribution in [0.1, 0.15) is 0 Å². The van der Waals surface area contributed by atoms with Gasteiger partial charge in [0.1, 0.15) is 0 Å². The maximum atomic E-state index is 2.33. The Morgan fingerprint density at radius 1 is 1.60 bits per heavy atom. The van der Waals surface area contributed by atoms with E-state index in [2.05, 4.69) is 16.1 Å². The fourth-order valence-corrected chi connectivity index (χ4v) is 2.04. The van der Waals surface area contributed by atoms with E-state index >= 15 is 0 Å². The van der Waals surface area contributed by atoms with E-state index in [1.165, 1.54) is 4.37 Å². The SMILES string of the molecule is C1=C[CH2][Sb]=[CH]1. The standard InChI is InChI=1S/C4H5.Sb/c1-3-4-2;/h1,3-4H,2H2;. The fraction of sp³-hybridized carbons (Fsp3) is 0.250. The van der Waals surface area contributed by atoms with E-state index in [4.69, 9.17) is 0 Å². The second kappa shape index (κ2) is 1.77. The number of hydrogen-bond donors (Lipinski definition) is 0. The molecule has 0 aromatic heterocycles. The molecule has 0 atom stereocenters. The molecule has 0 aromatic carbocycles. The van der Waals surface area contributed by atoms with E-state index in [1.54, 1.807) is 0 Å². The summed E-state index contributed by atoms with van der Waals surface area (Å²) in [6, 6.07) is 0. The average molecular weight is 175 g/mol. The summed E-state index contributed by atoms with van der Waals surface area (Å²) >= 11 is 0.231. The predicted molar refractivity (Wildman–Crippen MR) is 25.8 cm³/mol. The van der Waals surface area contributed by atoms with E-state index in [1.807, 2.05) is 0 Å². The quantitative estimate of drug-likeness (QED) is 0.469. The molecule has 0 N–H and O–H groups in total. The van der Waals surface area contributed by atoms with Gasteiger partial charge in [-0.15, -0.1) is 0 Å². The zero-order valence-corrected chi connectivity index (χ0v) is 5.44. The molecule has 0 aromatic rings. The third kappa shape index (κ3) is 0.886. The number of allylic oxidation sites excluding steroid dienone is 2. The van der Waals surface area contributed by atoms with Crippen LogP contribution in [0.2, 0.25) is 4.37 Å². The first kappa shape index (κ1) is 3.61. The minimum atomic E-state index is 0.231. The van der Waals surface area contributed by atoms with E-state index in [9.17, 15) is 0 Å². The molecule has 1 aliphatic rings. The van der Waals surface area contributed by atoms with Gasteiger partial charge < -0.3 is 0 Å². The minimum absolute atomic E-state index is 0.231. The van der Waals surface area contributed by atoms with Gasteiger partial charge in [0.15, 0.2) is 0 Å². The molecular formula is C4H5Sb. The molecule has 1 heteroatoms. The van der Waals surface area contributed by atoms with Crippen molar-refractivity contribution in [2.75, 3.05) is 0 Å². The molecular weight excluding hydrogens is 170 g/mol. The molecule has 0 nitrogen and oxygen atoms in total. The molecule has 0 spiro atoms. The Kier molecular flexibility index (Phi) is 1.28. The zero-order valence-electron chi connectivity index (χ0n) is 2.89. The fourth-order valence-electron chi connectivity index (χ4n) is 0.304. The van der Waals surface area contributed by atoms with Gasteiger partial charge in [0, 0.05) is 0 Å². The van der Waals surface area contributed by atoms with Crippen LogP contribution in [-0.4, -0.2) is 25.1 Å². The van der Waals surface area contributed by atoms with Crippen LogP contribution in [0.15, 0.2) is 12.2 Å². The van der Waals surface area contributed by atoms with Gasteiger partial charge in [0.25, 0.3) is 0 Å². The van der Waals surface area contributed by atoms with Gasteiger partial charge >= 0.3 is 41.6 Å². The molecule has 1 aliphatic heterocycles. The van der Waals surface area contributed by atoms with Crippen LogP contribution in [0.3, 0.4) is 0 Å². The van der Waals surface area contributed by atoms with Crippen molar-refractivity contribution in [3.8, 4) is 0 Å². The van der Waals surface area contributed by atoms with Crippen molar-refractivity contribution < 1.29 is 0 Å². The van der Waals surface area contributed by atoms with E-state index in [0.717, 1.165) is 0 Å². The second-order valence-electron chi connectivity index (χ2n) is 0.942. The first-order valence-electron chi connectivity index (χ1n) is 1.65. The van der Waals surface area contributed by atoms with Gasteiger partial charge in [-0.3, -0.25) is 0 Å². The van der Waals surface area contributed by atoms with Crippen molar-refractivity contribution in [2.45, 2.75) is 4.37 Å². The first-order chi connectivity index (χ1) is 2.50. The molecule has 0 amide bonds. The molecule has 0 fully saturated rings. The Hall–Kier alpha value is 0.428. The summed E-state index contributed by atoms with van der Waals surface area (Å²) in [6.45, 7) is 0. The van der Waals surface area contributed by atoms with Crippen LogP contribution in [0.5, 0.6) is 0 Å². The van der Waals surface area contributed by atoms with Crippen molar-refractivity contribution >= 4 is 25.1 Å². The van der Waals surface area contributed by atoms with Gasteiger partial charge in [0.05, 0.1) is 0 Å². The van der Waals surface area contributed by atoms with Gasteiger partial charge in [-0.2, -0.15) is 0 Å². The molecule has 5 heavy (non-hydrogen) atoms. The summed E-state index contributed by atoms with van der Waals surface area (Å²) in [4.78, 5) is 0. The Bertz CT molecular complexity index is 61.7. The third-order valence-corrected chi connectivity index (χ3v) is 2.83. The molecule has 0 bridgehead atoms. The van der Waals surface area contributed by atoms with Crippen molar-refractivity contribution in [1.82, 2.24) is 0 Å². The number of rotatable bonds is 0. The van der Waals surface area contributed by atoms with E-state index in [0.29, 0.717) is 0 Å². The topological polar surface area (TPSA) is 0 Å². The molecule has 1 rings (SSSR count). The Morgan fingerprint density at radius 2 is 2.60 bits per heavy atom. The second-order valence-corrected chi connectivity index (χ2v) is 3.88. The van der Waals surface area contributed by atoms with Crippen LogP contribution in [0.4, 0.5) is 0 Å². The summed E-state index contributed by atoms with van der Waals surface area (Å²) in [5.74, 6) is 0. The Labute approximate surface area is 41.9 Å². The maximum absolute atomic E-state index is 2.33. The Morgan fingerprint density at radius 3 is 2.80 bits per heavy atom. The summed E-state index contributed by atoms with van der Waals surface area (Å²) < 4.78 is 3.74. The van der Waals surface area contributed by atoms with Crippen LogP contribution >= 0.6 is 0 Å². The van der Waals surface area contributed by atoms with Crippen molar-refractivity contribution in [2.24, 2.45) is 0 Å². The van der Waals surface area contributed by atoms with E-state index < -0.39 is 0 Å². The molecule has 0 saturated carbocycles. The van der Waals surface area contributed by atoms with Crippen LogP contribution in [0.25, 0.3) is 0 Å². The first-order valence-corrected chi connectivity index (χ1v) is 4.93. The normalized spacial score (nSPS) is 17.6. The van der Waals surface area contributed by atoms with Crippen molar-refractivity contribution in [1.29, 1.82) is 0 Å². The van der Waals surface area contributed by atoms with E-state index in [-0.39, 0.29) is 21.1 Å². The summed E-state index contributed by atoms with van der Waals surface area (Å²) in [5.41, 5.74) is 0. The van der Waals surface area contributed by atoms with Gasteiger partial charge in [-0.25, -0.2) is 0 Å². The monoisotopic (exact) mass is 174 g/mol. The molecule has 1 heterocycles. The average Bonchev–Trinajstić information content (AvgIpc) is 1.76. The summed E-state index contributed by atoms with van der Waals surface area (Å²) in [7, 11) is 0.